The van der Waals surface area contributed by atoms with Crippen LogP contribution in [0.4, 0.5) is 0 Å². The number of allylic oxidation sites excluding steroid dienone is 3. The molecule has 0 radical (unpaired) electrons. The summed E-state index contributed by atoms with van der Waals surface area (Å²) in [5, 5.41) is 8.30. The average Bonchev–Trinajstić information content (AvgIpc) is 3.26. The van der Waals surface area contributed by atoms with Gasteiger partial charge in [-0.2, -0.15) is 0 Å². The largest absolute Gasteiger partial charge is 0.489 e. The molecular weight excluding hydrogens is 406 g/mol. The first kappa shape index (κ1) is 22.6. The summed E-state index contributed by atoms with van der Waals surface area (Å²) >= 11 is 0. The number of hydrogen-bond donors (Lipinski definition) is 2. The number of nitrogens with two attached hydrogens (primary N) is 1. The number of para-hydroxylation sites is 1. The maximum Gasteiger partial charge on any atom is 0.310 e. The summed E-state index contributed by atoms with van der Waals surface area (Å²) in [4.78, 5) is 16.1. The van der Waals surface area contributed by atoms with E-state index in [0.29, 0.717) is 23.7 Å². The van der Waals surface area contributed by atoms with Gasteiger partial charge in [0, 0.05) is 16.5 Å². The molecule has 0 aliphatic carbocycles. The molecule has 0 fully saturated rings. The van der Waals surface area contributed by atoms with Gasteiger partial charge >= 0.3 is 5.97 Å². The Balaban J connectivity index is 1.89. The molecule has 0 aliphatic rings. The summed E-state index contributed by atoms with van der Waals surface area (Å²) in [6.07, 6.45) is 9.32. The number of carbonyl (C=O) groups is 1. The zero-order chi connectivity index (χ0) is 22.8. The van der Waals surface area contributed by atoms with Crippen molar-refractivity contribution in [3.63, 3.8) is 0 Å². The van der Waals surface area contributed by atoms with E-state index in [1.54, 1.807) is 31.4 Å². The molecule has 1 aromatic heterocycles. The third-order valence-electron chi connectivity index (χ3n) is 4.57. The van der Waals surface area contributed by atoms with Crippen molar-refractivity contribution in [3.05, 3.63) is 89.8 Å². The first-order valence-corrected chi connectivity index (χ1v) is 10.1. The Bertz CT molecular complexity index is 1170. The summed E-state index contributed by atoms with van der Waals surface area (Å²) in [6, 6.07) is 13.2. The van der Waals surface area contributed by atoms with E-state index < -0.39 is 0 Å². The topological polar surface area (TPSA) is 111 Å². The van der Waals surface area contributed by atoms with Gasteiger partial charge in [0.05, 0.1) is 25.0 Å². The minimum absolute atomic E-state index is 0.144. The Hall–Kier alpha value is -4.13. The van der Waals surface area contributed by atoms with Gasteiger partial charge in [-0.3, -0.25) is 10.2 Å². The number of fused-ring (bicyclic) bond motifs is 1. The lowest BCUT2D eigenvalue weighted by Crippen LogP contribution is -2.09. The molecule has 32 heavy (non-hydrogen) atoms. The van der Waals surface area contributed by atoms with E-state index in [1.165, 1.54) is 6.20 Å². The van der Waals surface area contributed by atoms with Gasteiger partial charge in [-0.15, -0.1) is 0 Å². The van der Waals surface area contributed by atoms with Crippen LogP contribution in [0.15, 0.2) is 82.6 Å². The van der Waals surface area contributed by atoms with Crippen LogP contribution in [-0.4, -0.2) is 24.6 Å². The van der Waals surface area contributed by atoms with Crippen LogP contribution < -0.4 is 10.5 Å². The first-order valence-electron chi connectivity index (χ1n) is 10.1. The van der Waals surface area contributed by atoms with E-state index in [0.717, 1.165) is 28.4 Å². The molecule has 0 amide bonds. The number of esters is 1. The number of aliphatic imine (C=N–C) groups is 1. The lowest BCUT2D eigenvalue weighted by Gasteiger charge is -2.12. The molecule has 1 heterocycles. The Kier molecular flexibility index (Phi) is 7.97. The zero-order valence-electron chi connectivity index (χ0n) is 17.8. The van der Waals surface area contributed by atoms with Crippen molar-refractivity contribution in [3.8, 4) is 5.75 Å². The molecule has 7 nitrogen and oxygen atoms in total. The monoisotopic (exact) mass is 431 g/mol. The Morgan fingerprint density at radius 3 is 2.84 bits per heavy atom. The van der Waals surface area contributed by atoms with Crippen molar-refractivity contribution in [2.45, 2.75) is 20.0 Å². The van der Waals surface area contributed by atoms with Crippen LogP contribution in [-0.2, 0) is 22.6 Å². The minimum atomic E-state index is -0.295. The molecule has 0 bridgehead atoms. The second kappa shape index (κ2) is 11.3. The minimum Gasteiger partial charge on any atom is -0.489 e. The van der Waals surface area contributed by atoms with Gasteiger partial charge < -0.3 is 19.6 Å². The number of furan rings is 1. The van der Waals surface area contributed by atoms with Crippen LogP contribution in [0.25, 0.3) is 11.0 Å². The van der Waals surface area contributed by atoms with Crippen molar-refractivity contribution in [2.75, 3.05) is 6.61 Å². The fraction of sp³-hybridized carbons (Fsp3) is 0.160. The molecule has 7 heteroatoms. The molecule has 3 rings (SSSR count). The summed E-state index contributed by atoms with van der Waals surface area (Å²) in [5.41, 5.74) is 9.01. The highest BCUT2D eigenvalue weighted by Gasteiger charge is 2.13. The highest BCUT2D eigenvalue weighted by molar-refractivity contribution is 6.17. The maximum absolute atomic E-state index is 11.9. The van der Waals surface area contributed by atoms with Crippen LogP contribution in [0.3, 0.4) is 0 Å². The third-order valence-corrected chi connectivity index (χ3v) is 4.57. The first-order chi connectivity index (χ1) is 15.7. The van der Waals surface area contributed by atoms with Gasteiger partial charge in [-0.25, -0.2) is 4.99 Å². The highest BCUT2D eigenvalue weighted by atomic mass is 16.5. The SMILES string of the molecule is CCOC(=O)Cc1ccccc1OCc1cc(C(/C=C/C=C/N)=N/C=N)c2occc2c1. The smallest absolute Gasteiger partial charge is 0.310 e. The maximum atomic E-state index is 11.9. The second-order valence-corrected chi connectivity index (χ2v) is 6.75. The number of benzene rings is 2. The van der Waals surface area contributed by atoms with Gasteiger partial charge in [0.15, 0.2) is 0 Å². The number of carbonyl (C=O) groups excluding carboxylic acids is 1. The Morgan fingerprint density at radius 1 is 1.22 bits per heavy atom. The van der Waals surface area contributed by atoms with Crippen LogP contribution in [0, 0.1) is 5.41 Å². The molecule has 0 saturated carbocycles. The van der Waals surface area contributed by atoms with Gasteiger partial charge in [0.1, 0.15) is 24.3 Å². The van der Waals surface area contributed by atoms with Crippen LogP contribution in [0.1, 0.15) is 23.6 Å². The van der Waals surface area contributed by atoms with Crippen molar-refractivity contribution < 1.29 is 18.7 Å². The summed E-state index contributed by atoms with van der Waals surface area (Å²) < 4.78 is 16.8. The molecule has 0 unspecified atom stereocenters. The third kappa shape index (κ3) is 5.72. The number of rotatable bonds is 10. The molecular formula is C25H25N3O4. The molecule has 0 spiro atoms. The predicted octanol–water partition coefficient (Wildman–Crippen LogP) is 4.54. The number of hydrogen-bond acceptors (Lipinski definition) is 6. The summed E-state index contributed by atoms with van der Waals surface area (Å²) in [5.74, 6) is 0.326. The van der Waals surface area contributed by atoms with Crippen LogP contribution >= 0.6 is 0 Å². The zero-order valence-corrected chi connectivity index (χ0v) is 17.8. The van der Waals surface area contributed by atoms with E-state index in [1.807, 2.05) is 42.5 Å². The summed E-state index contributed by atoms with van der Waals surface area (Å²) in [6.45, 7) is 2.39. The van der Waals surface area contributed by atoms with Crippen LogP contribution in [0.2, 0.25) is 0 Å². The highest BCUT2D eigenvalue weighted by Crippen LogP contribution is 2.26. The fourth-order valence-corrected chi connectivity index (χ4v) is 3.22. The number of ether oxygens (including phenoxy) is 2. The quantitative estimate of drug-likeness (QED) is 0.212. The predicted molar refractivity (Wildman–Crippen MR) is 125 cm³/mol. The lowest BCUT2D eigenvalue weighted by molar-refractivity contribution is -0.142. The van der Waals surface area contributed by atoms with E-state index >= 15 is 0 Å². The van der Waals surface area contributed by atoms with Gasteiger partial charge in [0.2, 0.25) is 0 Å². The van der Waals surface area contributed by atoms with Crippen molar-refractivity contribution >= 4 is 29.0 Å². The van der Waals surface area contributed by atoms with Crippen molar-refractivity contribution in [1.82, 2.24) is 0 Å². The lowest BCUT2D eigenvalue weighted by atomic mass is 10.0. The van der Waals surface area contributed by atoms with Crippen molar-refractivity contribution in [1.29, 1.82) is 5.41 Å². The molecule has 0 aliphatic heterocycles. The van der Waals surface area contributed by atoms with E-state index in [4.69, 9.17) is 25.0 Å². The average molecular weight is 431 g/mol. The summed E-state index contributed by atoms with van der Waals surface area (Å²) in [7, 11) is 0. The number of nitrogens with one attached hydrogen (secondary N) is 1. The second-order valence-electron chi connectivity index (χ2n) is 6.75. The van der Waals surface area contributed by atoms with E-state index in [9.17, 15) is 4.79 Å². The number of nitrogens with zero attached hydrogens (tertiary/aromatic N) is 1. The molecule has 3 aromatic rings. The van der Waals surface area contributed by atoms with Crippen LogP contribution in [0.5, 0.6) is 5.75 Å². The normalized spacial score (nSPS) is 12.0. The standard InChI is InChI=1S/C25H25N3O4/c1-2-30-24(29)15-19-7-3-4-9-23(19)32-16-18-13-20-10-12-31-25(20)21(14-18)22(28-17-27)8-5-6-11-26/h3-14,17,27H,2,15-16,26H2,1H3/b8-5+,11-6+,27-17?,28-22+. The molecule has 0 atom stereocenters. The Labute approximate surface area is 186 Å². The molecule has 2 aromatic carbocycles. The van der Waals surface area contributed by atoms with Gasteiger partial charge in [-0.05, 0) is 55.1 Å². The Morgan fingerprint density at radius 2 is 2.06 bits per heavy atom. The molecule has 0 saturated heterocycles. The molecule has 3 N–H and O–H groups in total. The van der Waals surface area contributed by atoms with E-state index in [-0.39, 0.29) is 19.0 Å². The van der Waals surface area contributed by atoms with Gasteiger partial charge in [-0.1, -0.05) is 24.3 Å². The van der Waals surface area contributed by atoms with Crippen molar-refractivity contribution in [2.24, 2.45) is 10.7 Å². The van der Waals surface area contributed by atoms with E-state index in [2.05, 4.69) is 4.99 Å². The van der Waals surface area contributed by atoms with Gasteiger partial charge in [0.25, 0.3) is 0 Å². The fourth-order valence-electron chi connectivity index (χ4n) is 3.22. The molecule has 164 valence electrons.